The summed E-state index contributed by atoms with van der Waals surface area (Å²) in [4.78, 5) is 12.0. The zero-order valence-corrected chi connectivity index (χ0v) is 13.4. The highest BCUT2D eigenvalue weighted by atomic mass is 35.5. The summed E-state index contributed by atoms with van der Waals surface area (Å²) in [6.45, 7) is 0.269. The summed E-state index contributed by atoms with van der Waals surface area (Å²) in [6.07, 6.45) is 0. The molecule has 0 aliphatic rings. The van der Waals surface area contributed by atoms with Crippen LogP contribution in [0.15, 0.2) is 59.4 Å². The SMILES string of the molecule is O=c1ccc(-c2ccc(F)cc2)nn1Cc1ccc(Cl)c(Cl)c1. The lowest BCUT2D eigenvalue weighted by atomic mass is 10.1. The van der Waals surface area contributed by atoms with E-state index in [-0.39, 0.29) is 17.9 Å². The van der Waals surface area contributed by atoms with Crippen molar-refractivity contribution in [3.8, 4) is 11.3 Å². The summed E-state index contributed by atoms with van der Waals surface area (Å²) < 4.78 is 14.3. The summed E-state index contributed by atoms with van der Waals surface area (Å²) in [5.74, 6) is -0.321. The van der Waals surface area contributed by atoms with Gasteiger partial charge < -0.3 is 0 Å². The Morgan fingerprint density at radius 2 is 1.70 bits per heavy atom. The number of halogens is 3. The largest absolute Gasteiger partial charge is 0.268 e. The van der Waals surface area contributed by atoms with Crippen molar-refractivity contribution < 1.29 is 4.39 Å². The Kier molecular flexibility index (Phi) is 4.46. The molecule has 1 heterocycles. The van der Waals surface area contributed by atoms with E-state index in [1.165, 1.54) is 22.9 Å². The van der Waals surface area contributed by atoms with Crippen molar-refractivity contribution in [2.75, 3.05) is 0 Å². The van der Waals surface area contributed by atoms with Gasteiger partial charge >= 0.3 is 0 Å². The number of hydrogen-bond acceptors (Lipinski definition) is 2. The molecular formula is C17H11Cl2FN2O. The molecule has 0 saturated carbocycles. The van der Waals surface area contributed by atoms with E-state index in [1.54, 1.807) is 36.4 Å². The highest BCUT2D eigenvalue weighted by Crippen LogP contribution is 2.23. The fourth-order valence-corrected chi connectivity index (χ4v) is 2.47. The second kappa shape index (κ2) is 6.52. The lowest BCUT2D eigenvalue weighted by molar-refractivity contribution is 0.627. The van der Waals surface area contributed by atoms with Crippen LogP contribution < -0.4 is 5.56 Å². The first kappa shape index (κ1) is 15.7. The molecule has 0 spiro atoms. The second-order valence-corrected chi connectivity index (χ2v) is 5.78. The van der Waals surface area contributed by atoms with Gasteiger partial charge in [0.05, 0.1) is 22.3 Å². The van der Waals surface area contributed by atoms with Crippen molar-refractivity contribution >= 4 is 23.2 Å². The summed E-state index contributed by atoms with van der Waals surface area (Å²) >= 11 is 11.9. The van der Waals surface area contributed by atoms with E-state index >= 15 is 0 Å². The van der Waals surface area contributed by atoms with E-state index in [0.717, 1.165) is 11.1 Å². The predicted octanol–water partition coefficient (Wildman–Crippen LogP) is 4.40. The summed E-state index contributed by atoms with van der Waals surface area (Å²) in [6, 6.07) is 14.1. The maximum absolute atomic E-state index is 13.0. The minimum Gasteiger partial charge on any atom is -0.268 e. The molecule has 3 aromatic rings. The maximum atomic E-state index is 13.0. The summed E-state index contributed by atoms with van der Waals surface area (Å²) in [5.41, 5.74) is 1.89. The van der Waals surface area contributed by atoms with Crippen molar-refractivity contribution in [3.05, 3.63) is 86.4 Å². The Morgan fingerprint density at radius 3 is 2.39 bits per heavy atom. The molecule has 0 saturated heterocycles. The molecule has 0 amide bonds. The molecule has 3 rings (SSSR count). The quantitative estimate of drug-likeness (QED) is 0.702. The molecule has 0 atom stereocenters. The topological polar surface area (TPSA) is 34.9 Å². The minimum absolute atomic E-state index is 0.234. The number of benzene rings is 2. The molecule has 0 bridgehead atoms. The highest BCUT2D eigenvalue weighted by Gasteiger charge is 2.06. The van der Waals surface area contributed by atoms with Gasteiger partial charge in [0.15, 0.2) is 0 Å². The zero-order valence-electron chi connectivity index (χ0n) is 11.8. The van der Waals surface area contributed by atoms with Crippen LogP contribution in [0.1, 0.15) is 5.56 Å². The molecule has 1 aromatic heterocycles. The molecule has 2 aromatic carbocycles. The van der Waals surface area contributed by atoms with E-state index in [1.807, 2.05) is 0 Å². The first-order valence-electron chi connectivity index (χ1n) is 6.81. The van der Waals surface area contributed by atoms with Crippen molar-refractivity contribution in [3.63, 3.8) is 0 Å². The van der Waals surface area contributed by atoms with Crippen LogP contribution >= 0.6 is 23.2 Å². The lowest BCUT2D eigenvalue weighted by Crippen LogP contribution is -2.22. The summed E-state index contributed by atoms with van der Waals surface area (Å²) in [7, 11) is 0. The van der Waals surface area contributed by atoms with E-state index in [9.17, 15) is 9.18 Å². The first-order chi connectivity index (χ1) is 11.0. The van der Waals surface area contributed by atoms with E-state index in [4.69, 9.17) is 23.2 Å². The van der Waals surface area contributed by atoms with E-state index in [0.29, 0.717) is 15.7 Å². The average molecular weight is 349 g/mol. The molecule has 0 fully saturated rings. The van der Waals surface area contributed by atoms with Gasteiger partial charge in [-0.25, -0.2) is 9.07 Å². The van der Waals surface area contributed by atoms with Gasteiger partial charge in [0.2, 0.25) is 0 Å². The maximum Gasteiger partial charge on any atom is 0.267 e. The number of hydrogen-bond donors (Lipinski definition) is 0. The Morgan fingerprint density at radius 1 is 0.957 bits per heavy atom. The van der Waals surface area contributed by atoms with Crippen LogP contribution in [-0.4, -0.2) is 9.78 Å². The second-order valence-electron chi connectivity index (χ2n) is 4.97. The molecule has 0 aliphatic carbocycles. The monoisotopic (exact) mass is 348 g/mol. The van der Waals surface area contributed by atoms with Crippen LogP contribution in [0.5, 0.6) is 0 Å². The third kappa shape index (κ3) is 3.60. The predicted molar refractivity (Wildman–Crippen MR) is 89.5 cm³/mol. The number of rotatable bonds is 3. The summed E-state index contributed by atoms with van der Waals surface area (Å²) in [5, 5.41) is 5.20. The van der Waals surface area contributed by atoms with Crippen LogP contribution in [-0.2, 0) is 6.54 Å². The van der Waals surface area contributed by atoms with Gasteiger partial charge in [-0.05, 0) is 48.0 Å². The molecule has 0 aliphatic heterocycles. The van der Waals surface area contributed by atoms with Gasteiger partial charge in [0, 0.05) is 11.6 Å². The number of nitrogens with zero attached hydrogens (tertiary/aromatic N) is 2. The normalized spacial score (nSPS) is 10.7. The fourth-order valence-electron chi connectivity index (χ4n) is 2.15. The molecule has 6 heteroatoms. The van der Waals surface area contributed by atoms with Gasteiger partial charge in [-0.3, -0.25) is 4.79 Å². The van der Waals surface area contributed by atoms with Gasteiger partial charge in [-0.2, -0.15) is 5.10 Å². The Labute approximate surface area is 141 Å². The van der Waals surface area contributed by atoms with E-state index in [2.05, 4.69) is 5.10 Å². The zero-order chi connectivity index (χ0) is 16.4. The average Bonchev–Trinajstić information content (AvgIpc) is 2.54. The molecule has 3 nitrogen and oxygen atoms in total. The molecule has 116 valence electrons. The Hall–Kier alpha value is -2.17. The minimum atomic E-state index is -0.321. The Balaban J connectivity index is 1.96. The first-order valence-corrected chi connectivity index (χ1v) is 7.56. The molecular weight excluding hydrogens is 338 g/mol. The molecule has 0 N–H and O–H groups in total. The van der Waals surface area contributed by atoms with Gasteiger partial charge in [-0.15, -0.1) is 0 Å². The van der Waals surface area contributed by atoms with E-state index < -0.39 is 0 Å². The standard InChI is InChI=1S/C17H11Cl2FN2O/c18-14-6-1-11(9-15(14)19)10-22-17(23)8-7-16(21-22)12-2-4-13(20)5-3-12/h1-9H,10H2. The van der Waals surface area contributed by atoms with Gasteiger partial charge in [0.25, 0.3) is 5.56 Å². The fraction of sp³-hybridized carbons (Fsp3) is 0.0588. The number of aromatic nitrogens is 2. The smallest absolute Gasteiger partial charge is 0.267 e. The van der Waals surface area contributed by atoms with Gasteiger partial charge in [0.1, 0.15) is 5.82 Å². The molecule has 0 radical (unpaired) electrons. The van der Waals surface area contributed by atoms with Crippen LogP contribution in [0.4, 0.5) is 4.39 Å². The molecule has 23 heavy (non-hydrogen) atoms. The van der Waals surface area contributed by atoms with Gasteiger partial charge in [-0.1, -0.05) is 29.3 Å². The molecule has 0 unspecified atom stereocenters. The van der Waals surface area contributed by atoms with Crippen molar-refractivity contribution in [1.82, 2.24) is 9.78 Å². The van der Waals surface area contributed by atoms with Crippen molar-refractivity contribution in [1.29, 1.82) is 0 Å². The van der Waals surface area contributed by atoms with Crippen molar-refractivity contribution in [2.24, 2.45) is 0 Å². The third-order valence-corrected chi connectivity index (χ3v) is 4.06. The van der Waals surface area contributed by atoms with Crippen LogP contribution in [0.2, 0.25) is 10.0 Å². The highest BCUT2D eigenvalue weighted by molar-refractivity contribution is 6.42. The third-order valence-electron chi connectivity index (χ3n) is 3.32. The van der Waals surface area contributed by atoms with Crippen LogP contribution in [0, 0.1) is 5.82 Å². The van der Waals surface area contributed by atoms with Crippen LogP contribution in [0.3, 0.4) is 0 Å². The van der Waals surface area contributed by atoms with Crippen LogP contribution in [0.25, 0.3) is 11.3 Å². The Bertz CT molecular complexity index is 907. The lowest BCUT2D eigenvalue weighted by Gasteiger charge is -2.08. The van der Waals surface area contributed by atoms with Crippen molar-refractivity contribution in [2.45, 2.75) is 6.54 Å².